The van der Waals surface area contributed by atoms with Crippen molar-refractivity contribution in [1.82, 2.24) is 0 Å². The van der Waals surface area contributed by atoms with Crippen LogP contribution in [0.5, 0.6) is 11.5 Å². The Morgan fingerprint density at radius 2 is 1.08 bits per heavy atom. The Morgan fingerprint density at radius 1 is 0.596 bits per heavy atom. The van der Waals surface area contributed by atoms with Gasteiger partial charge in [0.05, 0.1) is 18.8 Å². The highest BCUT2D eigenvalue weighted by molar-refractivity contribution is 7.72. The average Bonchev–Trinajstić information content (AvgIpc) is 3.80. The zero-order chi connectivity index (χ0) is 36.9. The minimum atomic E-state index is -3.39. The second-order valence-corrected chi connectivity index (χ2v) is 18.3. The molecular weight excluding hydrogens is 702 g/mol. The summed E-state index contributed by atoms with van der Waals surface area (Å²) in [6, 6.07) is 29.7. The smallest absolute Gasteiger partial charge is 0.239 e. The third-order valence-corrected chi connectivity index (χ3v) is 14.9. The van der Waals surface area contributed by atoms with Crippen molar-refractivity contribution in [1.29, 1.82) is 0 Å². The number of rotatable bonds is 21. The van der Waals surface area contributed by atoms with Crippen LogP contribution < -0.4 is 19.0 Å². The molecule has 5 nitrogen and oxygen atoms in total. The number of nitrogens with zero attached hydrogens (tertiary/aromatic N) is 1. The summed E-state index contributed by atoms with van der Waals surface area (Å²) in [7, 11) is -0.0163. The van der Waals surface area contributed by atoms with Crippen molar-refractivity contribution in [2.45, 2.75) is 97.8 Å². The van der Waals surface area contributed by atoms with E-state index in [4.69, 9.17) is 9.47 Å². The number of hydrogen-bond acceptors (Lipinski definition) is 6. The van der Waals surface area contributed by atoms with Crippen LogP contribution in [0.3, 0.4) is 0 Å². The van der Waals surface area contributed by atoms with Crippen LogP contribution in [0.1, 0.15) is 96.1 Å². The maximum absolute atomic E-state index is 13.6. The Morgan fingerprint density at radius 3 is 1.56 bits per heavy atom. The zero-order valence-corrected chi connectivity index (χ0v) is 34.2. The molecule has 3 aromatic carbocycles. The van der Waals surface area contributed by atoms with Gasteiger partial charge in [0.2, 0.25) is 7.37 Å². The lowest BCUT2D eigenvalue weighted by atomic mass is 10.0. The minimum absolute atomic E-state index is 0.355. The Kier molecular flexibility index (Phi) is 15.1. The normalized spacial score (nSPS) is 12.5. The summed E-state index contributed by atoms with van der Waals surface area (Å²) < 4.78 is 25.1. The minimum Gasteiger partial charge on any atom is -0.497 e. The maximum Gasteiger partial charge on any atom is 0.239 e. The molecule has 0 bridgehead atoms. The third-order valence-electron chi connectivity index (χ3n) is 9.64. The lowest BCUT2D eigenvalue weighted by molar-refractivity contribution is 0.415. The van der Waals surface area contributed by atoms with Crippen molar-refractivity contribution in [2.75, 3.05) is 25.3 Å². The van der Waals surface area contributed by atoms with Crippen LogP contribution in [0.4, 0.5) is 17.1 Å². The van der Waals surface area contributed by atoms with E-state index in [1.807, 2.05) is 35.6 Å². The van der Waals surface area contributed by atoms with Gasteiger partial charge in [0.15, 0.2) is 0 Å². The number of thiophene rings is 2. The molecule has 5 aromatic rings. The molecule has 2 aromatic heterocycles. The van der Waals surface area contributed by atoms with Gasteiger partial charge in [-0.2, -0.15) is 0 Å². The fourth-order valence-electron chi connectivity index (χ4n) is 6.59. The maximum atomic E-state index is 13.6. The summed E-state index contributed by atoms with van der Waals surface area (Å²) in [5, 5.41) is 0. The topological polar surface area (TPSA) is 59.0 Å². The predicted molar refractivity (Wildman–Crippen MR) is 226 cm³/mol. The lowest BCUT2D eigenvalue weighted by Gasteiger charge is -2.26. The molecule has 5 rings (SSSR count). The molecule has 52 heavy (non-hydrogen) atoms. The number of aryl methyl sites for hydroxylation is 2. The van der Waals surface area contributed by atoms with E-state index in [-0.39, 0.29) is 0 Å². The lowest BCUT2D eigenvalue weighted by Crippen LogP contribution is -2.09. The largest absolute Gasteiger partial charge is 0.497 e. The summed E-state index contributed by atoms with van der Waals surface area (Å²) in [4.78, 5) is 17.1. The predicted octanol–water partition coefficient (Wildman–Crippen LogP) is 13.6. The van der Waals surface area contributed by atoms with E-state index in [0.29, 0.717) is 10.8 Å². The van der Waals surface area contributed by atoms with Crippen LogP contribution in [0.15, 0.2) is 84.9 Å². The van der Waals surface area contributed by atoms with Crippen LogP contribution in [0, 0.1) is 0 Å². The van der Waals surface area contributed by atoms with Crippen molar-refractivity contribution in [3.05, 3.63) is 96.1 Å². The first kappa shape index (κ1) is 39.8. The van der Waals surface area contributed by atoms with E-state index in [2.05, 4.69) is 86.3 Å². The first-order valence-corrected chi connectivity index (χ1v) is 22.6. The van der Waals surface area contributed by atoms with Gasteiger partial charge in [0.1, 0.15) is 11.5 Å². The van der Waals surface area contributed by atoms with Crippen LogP contribution in [-0.4, -0.2) is 25.3 Å². The standard InChI is InChI=1S/C44H56NO4PS2/c1-6-9-12-14-16-34-31-41(44-35(17-15-13-10-7-2)32-42(52-44)50(46,47)30-11-8-3)51-43(34)33-18-20-36(21-19-33)45(37-22-26-39(48-4)27-23-37)38-24-28-40(49-5)29-25-38/h18-29,31-32H,6-17,30H2,1-5H3,(H,46,47). The van der Waals surface area contributed by atoms with Gasteiger partial charge in [-0.25, -0.2) is 0 Å². The van der Waals surface area contributed by atoms with Crippen molar-refractivity contribution in [2.24, 2.45) is 0 Å². The van der Waals surface area contributed by atoms with Crippen LogP contribution in [0.2, 0.25) is 0 Å². The molecule has 0 saturated heterocycles. The van der Waals surface area contributed by atoms with Gasteiger partial charge in [-0.3, -0.25) is 4.57 Å². The molecule has 1 atom stereocenters. The fraction of sp³-hybridized carbons (Fsp3) is 0.409. The molecular formula is C44H56NO4PS2. The quantitative estimate of drug-likeness (QED) is 0.0597. The number of unbranched alkanes of at least 4 members (excludes halogenated alkanes) is 7. The Labute approximate surface area is 320 Å². The number of benzene rings is 3. The molecule has 2 heterocycles. The molecule has 0 amide bonds. The van der Waals surface area contributed by atoms with Gasteiger partial charge >= 0.3 is 0 Å². The molecule has 0 aliphatic rings. The monoisotopic (exact) mass is 757 g/mol. The SMILES string of the molecule is CCCCCCc1cc(-c2sc(P(=O)(O)CCCC)cc2CCCCCC)sc1-c1ccc(N(c2ccc(OC)cc2)c2ccc(OC)cc2)cc1. The van der Waals surface area contributed by atoms with E-state index in [9.17, 15) is 9.46 Å². The van der Waals surface area contributed by atoms with Crippen LogP contribution >= 0.6 is 30.0 Å². The highest BCUT2D eigenvalue weighted by atomic mass is 32.1. The van der Waals surface area contributed by atoms with Crippen molar-refractivity contribution < 1.29 is 18.9 Å². The molecule has 278 valence electrons. The van der Waals surface area contributed by atoms with Gasteiger partial charge in [0.25, 0.3) is 0 Å². The van der Waals surface area contributed by atoms with E-state index in [0.717, 1.165) is 67.1 Å². The van der Waals surface area contributed by atoms with E-state index < -0.39 is 7.37 Å². The van der Waals surface area contributed by atoms with Gasteiger partial charge in [0, 0.05) is 37.9 Å². The molecule has 0 fully saturated rings. The van der Waals surface area contributed by atoms with E-state index in [1.54, 1.807) is 25.6 Å². The number of ether oxygens (including phenoxy) is 2. The molecule has 0 saturated carbocycles. The zero-order valence-electron chi connectivity index (χ0n) is 31.7. The highest BCUT2D eigenvalue weighted by Crippen LogP contribution is 2.48. The van der Waals surface area contributed by atoms with Crippen LogP contribution in [-0.2, 0) is 17.4 Å². The molecule has 0 radical (unpaired) electrons. The summed E-state index contributed by atoms with van der Waals surface area (Å²) >= 11 is 3.40. The van der Waals surface area contributed by atoms with Crippen molar-refractivity contribution in [3.63, 3.8) is 0 Å². The first-order chi connectivity index (χ1) is 25.3. The Bertz CT molecular complexity index is 1810. The average molecular weight is 758 g/mol. The summed E-state index contributed by atoms with van der Waals surface area (Å²) in [6.07, 6.45) is 13.5. The Balaban J connectivity index is 1.54. The second kappa shape index (κ2) is 19.6. The molecule has 8 heteroatoms. The summed E-state index contributed by atoms with van der Waals surface area (Å²) in [5.74, 6) is 1.64. The number of methoxy groups -OCH3 is 2. The molecule has 0 aliphatic heterocycles. The van der Waals surface area contributed by atoms with Gasteiger partial charge < -0.3 is 19.3 Å². The summed E-state index contributed by atoms with van der Waals surface area (Å²) in [6.45, 7) is 6.57. The Hall–Kier alpha value is -3.35. The molecule has 0 aliphatic carbocycles. The number of anilines is 3. The summed E-state index contributed by atoms with van der Waals surface area (Å²) in [5.41, 5.74) is 6.94. The number of hydrogen-bond donors (Lipinski definition) is 1. The molecule has 1 N–H and O–H groups in total. The third kappa shape index (κ3) is 10.2. The van der Waals surface area contributed by atoms with E-state index in [1.165, 1.54) is 69.8 Å². The first-order valence-electron chi connectivity index (χ1n) is 19.1. The van der Waals surface area contributed by atoms with Gasteiger partial charge in [-0.15, -0.1) is 22.7 Å². The van der Waals surface area contributed by atoms with Crippen LogP contribution in [0.25, 0.3) is 20.2 Å². The fourth-order valence-corrected chi connectivity index (χ4v) is 11.3. The van der Waals surface area contributed by atoms with Crippen molar-refractivity contribution >= 4 is 51.7 Å². The highest BCUT2D eigenvalue weighted by Gasteiger charge is 2.27. The second-order valence-electron chi connectivity index (χ2n) is 13.6. The van der Waals surface area contributed by atoms with Gasteiger partial charge in [-0.1, -0.05) is 77.8 Å². The molecule has 1 unspecified atom stereocenters. The van der Waals surface area contributed by atoms with Gasteiger partial charge in [-0.05, 0) is 122 Å². The van der Waals surface area contributed by atoms with Crippen molar-refractivity contribution in [3.8, 4) is 31.7 Å². The molecule has 0 spiro atoms. The van der Waals surface area contributed by atoms with E-state index >= 15 is 0 Å².